The maximum absolute atomic E-state index is 14.4. The summed E-state index contributed by atoms with van der Waals surface area (Å²) in [6, 6.07) is 12.3. The second-order valence-corrected chi connectivity index (χ2v) is 6.19. The van der Waals surface area contributed by atoms with Gasteiger partial charge in [-0.1, -0.05) is 18.2 Å². The van der Waals surface area contributed by atoms with E-state index < -0.39 is 30.8 Å². The van der Waals surface area contributed by atoms with Crippen molar-refractivity contribution in [3.05, 3.63) is 70.7 Å². The first-order chi connectivity index (χ1) is 14.9. The summed E-state index contributed by atoms with van der Waals surface area (Å²) < 4.78 is 56.3. The molecule has 0 bridgehead atoms. The van der Waals surface area contributed by atoms with Gasteiger partial charge < -0.3 is 14.2 Å². The van der Waals surface area contributed by atoms with E-state index in [1.54, 1.807) is 24.3 Å². The number of carbonyl (C=O) groups excluding carboxylic acids is 1. The predicted octanol–water partition coefficient (Wildman–Crippen LogP) is 3.23. The van der Waals surface area contributed by atoms with Gasteiger partial charge in [-0.3, -0.25) is 4.79 Å². The van der Waals surface area contributed by atoms with E-state index in [1.807, 2.05) is 6.07 Å². The minimum absolute atomic E-state index is 0.00708. The molecule has 3 aromatic rings. The van der Waals surface area contributed by atoms with Crippen molar-refractivity contribution in [1.29, 1.82) is 0 Å². The number of ether oxygens (including phenoxy) is 3. The van der Waals surface area contributed by atoms with E-state index in [1.165, 1.54) is 13.0 Å². The van der Waals surface area contributed by atoms with Gasteiger partial charge in [0.2, 0.25) is 6.79 Å². The Labute approximate surface area is 174 Å². The number of aromatic nitrogens is 3. The topological polar surface area (TPSA) is 84.6 Å². The average Bonchev–Trinajstić information content (AvgIpc) is 3.03. The number of hydrogen-bond donors (Lipinski definition) is 0. The number of nitrogens with zero attached hydrogens (tertiary/aromatic N) is 3. The highest BCUT2D eigenvalue weighted by atomic mass is 19.3. The summed E-state index contributed by atoms with van der Waals surface area (Å²) in [7, 11) is 0. The van der Waals surface area contributed by atoms with Crippen molar-refractivity contribution >= 4 is 5.97 Å². The molecule has 1 heterocycles. The van der Waals surface area contributed by atoms with Crippen LogP contribution in [0.1, 0.15) is 18.8 Å². The van der Waals surface area contributed by atoms with E-state index in [4.69, 9.17) is 14.2 Å². The molecule has 164 valence electrons. The van der Waals surface area contributed by atoms with Crippen LogP contribution in [0.25, 0.3) is 5.69 Å². The molecular weight excluding hydrogens is 419 g/mol. The van der Waals surface area contributed by atoms with Crippen LogP contribution in [-0.4, -0.2) is 33.7 Å². The standard InChI is InChI=1S/C20H18F3N3O5/c1-13-24-26(20(28)25(13)19(22)23)17-8-7-15(11-16(17)21)30-12-31-18(27)9-10-29-14-5-3-2-4-6-14/h2-8,11,19H,9-10,12H2,1H3. The number of para-hydroxylation sites is 1. The van der Waals surface area contributed by atoms with Crippen LogP contribution < -0.4 is 15.2 Å². The van der Waals surface area contributed by atoms with Gasteiger partial charge in [-0.15, -0.1) is 5.10 Å². The van der Waals surface area contributed by atoms with Gasteiger partial charge in [-0.05, 0) is 31.2 Å². The van der Waals surface area contributed by atoms with Crippen LogP contribution in [0.15, 0.2) is 53.3 Å². The van der Waals surface area contributed by atoms with Crippen LogP contribution in [0.2, 0.25) is 0 Å². The molecule has 1 aromatic heterocycles. The SMILES string of the molecule is Cc1nn(-c2ccc(OCOC(=O)CCOc3ccccc3)cc2F)c(=O)n1C(F)F. The average molecular weight is 437 g/mol. The molecule has 8 nitrogen and oxygen atoms in total. The summed E-state index contributed by atoms with van der Waals surface area (Å²) in [6.07, 6.45) is -0.0133. The zero-order valence-electron chi connectivity index (χ0n) is 16.3. The number of aryl methyl sites for hydroxylation is 1. The number of halogens is 3. The second kappa shape index (κ2) is 9.83. The van der Waals surface area contributed by atoms with Crippen molar-refractivity contribution in [3.63, 3.8) is 0 Å². The molecule has 0 N–H and O–H groups in total. The molecule has 31 heavy (non-hydrogen) atoms. The van der Waals surface area contributed by atoms with Gasteiger partial charge in [0.25, 0.3) is 0 Å². The van der Waals surface area contributed by atoms with E-state index in [9.17, 15) is 22.8 Å². The lowest BCUT2D eigenvalue weighted by molar-refractivity contribution is -0.150. The fourth-order valence-corrected chi connectivity index (χ4v) is 2.61. The zero-order chi connectivity index (χ0) is 22.4. The molecule has 0 fully saturated rings. The zero-order valence-corrected chi connectivity index (χ0v) is 16.3. The first-order valence-corrected chi connectivity index (χ1v) is 9.09. The molecule has 2 aromatic carbocycles. The van der Waals surface area contributed by atoms with Crippen LogP contribution in [0.4, 0.5) is 13.2 Å². The lowest BCUT2D eigenvalue weighted by Crippen LogP contribution is -2.25. The minimum atomic E-state index is -3.10. The number of benzene rings is 2. The van der Waals surface area contributed by atoms with Gasteiger partial charge in [0.15, 0.2) is 5.82 Å². The third-order valence-corrected chi connectivity index (χ3v) is 4.09. The van der Waals surface area contributed by atoms with E-state index in [-0.39, 0.29) is 34.9 Å². The van der Waals surface area contributed by atoms with E-state index >= 15 is 0 Å². The Morgan fingerprint density at radius 3 is 2.48 bits per heavy atom. The summed E-state index contributed by atoms with van der Waals surface area (Å²) >= 11 is 0. The first kappa shape index (κ1) is 21.9. The third kappa shape index (κ3) is 5.44. The minimum Gasteiger partial charge on any atom is -0.493 e. The van der Waals surface area contributed by atoms with Crippen molar-refractivity contribution in [1.82, 2.24) is 14.3 Å². The lowest BCUT2D eigenvalue weighted by atomic mass is 10.3. The molecule has 0 saturated carbocycles. The summed E-state index contributed by atoms with van der Waals surface area (Å²) in [6.45, 7) is -2.24. The monoisotopic (exact) mass is 437 g/mol. The van der Waals surface area contributed by atoms with Crippen molar-refractivity contribution in [2.24, 2.45) is 0 Å². The maximum atomic E-state index is 14.4. The first-order valence-electron chi connectivity index (χ1n) is 9.09. The van der Waals surface area contributed by atoms with E-state index in [2.05, 4.69) is 5.10 Å². The number of esters is 1. The van der Waals surface area contributed by atoms with Crippen LogP contribution in [0.5, 0.6) is 11.5 Å². The number of hydrogen-bond acceptors (Lipinski definition) is 6. The lowest BCUT2D eigenvalue weighted by Gasteiger charge is -2.09. The largest absolute Gasteiger partial charge is 0.493 e. The molecule has 0 atom stereocenters. The van der Waals surface area contributed by atoms with Crippen molar-refractivity contribution in [3.8, 4) is 17.2 Å². The highest BCUT2D eigenvalue weighted by Gasteiger charge is 2.20. The molecule has 0 aliphatic rings. The molecule has 3 rings (SSSR count). The number of rotatable bonds is 9. The molecule has 0 saturated heterocycles. The Bertz CT molecular complexity index is 1100. The molecule has 0 unspecified atom stereocenters. The van der Waals surface area contributed by atoms with Crippen molar-refractivity contribution in [2.75, 3.05) is 13.4 Å². The molecule has 11 heteroatoms. The number of carbonyl (C=O) groups is 1. The molecule has 0 aliphatic carbocycles. The third-order valence-electron chi connectivity index (χ3n) is 4.09. The highest BCUT2D eigenvalue weighted by molar-refractivity contribution is 5.69. The Hall–Kier alpha value is -3.76. The van der Waals surface area contributed by atoms with Gasteiger partial charge in [0.1, 0.15) is 23.0 Å². The van der Waals surface area contributed by atoms with Crippen molar-refractivity contribution in [2.45, 2.75) is 19.9 Å². The van der Waals surface area contributed by atoms with E-state index in [0.717, 1.165) is 12.1 Å². The van der Waals surface area contributed by atoms with Crippen molar-refractivity contribution < 1.29 is 32.2 Å². The molecule has 0 aliphatic heterocycles. The summed E-state index contributed by atoms with van der Waals surface area (Å²) in [5.74, 6) is -1.14. The van der Waals surface area contributed by atoms with E-state index in [0.29, 0.717) is 10.4 Å². The summed E-state index contributed by atoms with van der Waals surface area (Å²) in [5.41, 5.74) is -1.50. The smallest absolute Gasteiger partial charge is 0.355 e. The fraction of sp³-hybridized carbons (Fsp3) is 0.250. The summed E-state index contributed by atoms with van der Waals surface area (Å²) in [5, 5.41) is 3.65. The van der Waals surface area contributed by atoms with Crippen LogP contribution in [-0.2, 0) is 9.53 Å². The maximum Gasteiger partial charge on any atom is 0.355 e. The van der Waals surface area contributed by atoms with Gasteiger partial charge in [-0.25, -0.2) is 13.8 Å². The molecule has 0 radical (unpaired) electrons. The normalized spacial score (nSPS) is 10.9. The predicted molar refractivity (Wildman–Crippen MR) is 102 cm³/mol. The Morgan fingerprint density at radius 1 is 1.10 bits per heavy atom. The quantitative estimate of drug-likeness (QED) is 0.378. The van der Waals surface area contributed by atoms with Gasteiger partial charge in [0, 0.05) is 6.07 Å². The highest BCUT2D eigenvalue weighted by Crippen LogP contribution is 2.19. The summed E-state index contributed by atoms with van der Waals surface area (Å²) in [4.78, 5) is 23.7. The Kier molecular flexibility index (Phi) is 6.96. The van der Waals surface area contributed by atoms with Gasteiger partial charge >= 0.3 is 18.2 Å². The fourth-order valence-electron chi connectivity index (χ4n) is 2.61. The Morgan fingerprint density at radius 2 is 1.84 bits per heavy atom. The Balaban J connectivity index is 1.52. The van der Waals surface area contributed by atoms with Crippen LogP contribution in [0, 0.1) is 12.7 Å². The van der Waals surface area contributed by atoms with Crippen LogP contribution in [0.3, 0.4) is 0 Å². The van der Waals surface area contributed by atoms with Gasteiger partial charge in [0.05, 0.1) is 13.0 Å². The second-order valence-electron chi connectivity index (χ2n) is 6.19. The molecule has 0 amide bonds. The van der Waals surface area contributed by atoms with Gasteiger partial charge in [-0.2, -0.15) is 13.5 Å². The number of alkyl halides is 2. The van der Waals surface area contributed by atoms with Crippen LogP contribution >= 0.6 is 0 Å². The molecule has 0 spiro atoms. The molecular formula is C20H18F3N3O5.